The Bertz CT molecular complexity index is 1170. The molecular weight excluding hydrogens is 456 g/mol. The fourth-order valence-corrected chi connectivity index (χ4v) is 5.03. The quantitative estimate of drug-likeness (QED) is 0.443. The number of piperidine rings is 1. The van der Waals surface area contributed by atoms with Gasteiger partial charge in [-0.15, -0.1) is 11.3 Å². The third-order valence-electron chi connectivity index (χ3n) is 5.86. The second kappa shape index (κ2) is 9.32. The first-order valence-electron chi connectivity index (χ1n) is 11.6. The van der Waals surface area contributed by atoms with E-state index in [-0.39, 0.29) is 17.9 Å². The molecule has 0 bridgehead atoms. The Morgan fingerprint density at radius 3 is 2.41 bits per heavy atom. The average molecular weight is 489 g/mol. The molecule has 10 heteroatoms. The van der Waals surface area contributed by atoms with Gasteiger partial charge in [0.2, 0.25) is 10.6 Å². The summed E-state index contributed by atoms with van der Waals surface area (Å²) in [4.78, 5) is 21.0. The zero-order valence-electron chi connectivity index (χ0n) is 20.0. The Balaban J connectivity index is 1.57. The maximum absolute atomic E-state index is 12.4. The number of phenolic OH excluding ortho intramolecular Hbond substituents is 3. The highest BCUT2D eigenvalue weighted by Gasteiger charge is 2.31. The van der Waals surface area contributed by atoms with E-state index in [0.717, 1.165) is 41.1 Å². The highest BCUT2D eigenvalue weighted by atomic mass is 32.1. The van der Waals surface area contributed by atoms with Gasteiger partial charge in [0.25, 0.3) is 0 Å². The Morgan fingerprint density at radius 2 is 1.79 bits per heavy atom. The Kier molecular flexibility index (Phi) is 6.62. The average Bonchev–Trinajstić information content (AvgIpc) is 3.55. The number of aromatic hydroxyl groups is 3. The molecule has 34 heavy (non-hydrogen) atoms. The molecule has 184 valence electrons. The molecular formula is C24H32N4O5S. The molecule has 2 aromatic rings. The number of hydrogen-bond acceptors (Lipinski definition) is 8. The van der Waals surface area contributed by atoms with Crippen LogP contribution in [0.3, 0.4) is 0 Å². The van der Waals surface area contributed by atoms with Gasteiger partial charge in [0.15, 0.2) is 11.5 Å². The normalized spacial score (nSPS) is 18.1. The first-order valence-corrected chi connectivity index (χ1v) is 12.4. The van der Waals surface area contributed by atoms with Crippen molar-refractivity contribution < 1.29 is 24.9 Å². The van der Waals surface area contributed by atoms with E-state index >= 15 is 0 Å². The molecule has 0 unspecified atom stereocenters. The molecule has 2 heterocycles. The number of likely N-dealkylation sites (tertiary alicyclic amines) is 1. The Hall–Kier alpha value is -3.01. The number of phenols is 3. The van der Waals surface area contributed by atoms with Crippen molar-refractivity contribution in [3.05, 3.63) is 33.1 Å². The van der Waals surface area contributed by atoms with Gasteiger partial charge in [-0.3, -0.25) is 4.99 Å². The lowest BCUT2D eigenvalue weighted by atomic mass is 10.1. The lowest BCUT2D eigenvalue weighted by molar-refractivity contribution is 0.0206. The van der Waals surface area contributed by atoms with Crippen molar-refractivity contribution in [2.45, 2.75) is 70.9 Å². The molecule has 0 atom stereocenters. The van der Waals surface area contributed by atoms with Crippen molar-refractivity contribution in [2.75, 3.05) is 13.1 Å². The summed E-state index contributed by atoms with van der Waals surface area (Å²) < 4.78 is 7.32. The van der Waals surface area contributed by atoms with Crippen molar-refractivity contribution in [2.24, 2.45) is 10.1 Å². The standard InChI is InChI=1S/C24H32N4O5S/c1-14-19(15-5-6-15)28(25-13-16-7-8-18(29)21(31)20(16)30)22(34-14)26-17-9-11-27(12-10-17)23(32)33-24(2,3)4/h7-8,13,15,17,29-31H,5-6,9-12H2,1-4H3/b25-13+,26-22?. The van der Waals surface area contributed by atoms with Gasteiger partial charge in [-0.25, -0.2) is 9.47 Å². The first kappa shape index (κ1) is 24.1. The minimum Gasteiger partial charge on any atom is -0.504 e. The number of hydrogen-bond donors (Lipinski definition) is 3. The van der Waals surface area contributed by atoms with Crippen molar-refractivity contribution in [3.63, 3.8) is 0 Å². The van der Waals surface area contributed by atoms with E-state index in [9.17, 15) is 20.1 Å². The summed E-state index contributed by atoms with van der Waals surface area (Å²) in [6.45, 7) is 8.84. The molecule has 0 spiro atoms. The van der Waals surface area contributed by atoms with Crippen molar-refractivity contribution in [3.8, 4) is 17.2 Å². The maximum Gasteiger partial charge on any atom is 0.410 e. The smallest absolute Gasteiger partial charge is 0.410 e. The zero-order chi connectivity index (χ0) is 24.6. The van der Waals surface area contributed by atoms with E-state index in [1.165, 1.54) is 18.3 Å². The fraction of sp³-hybridized carbons (Fsp3) is 0.542. The van der Waals surface area contributed by atoms with Crippen molar-refractivity contribution >= 4 is 23.6 Å². The number of amides is 1. The Morgan fingerprint density at radius 1 is 1.12 bits per heavy atom. The van der Waals surface area contributed by atoms with Crippen LogP contribution < -0.4 is 4.80 Å². The molecule has 1 aliphatic carbocycles. The largest absolute Gasteiger partial charge is 0.504 e. The number of carbonyl (C=O) groups excluding carboxylic acids is 1. The second-order valence-corrected chi connectivity index (χ2v) is 11.0. The van der Waals surface area contributed by atoms with Crippen LogP contribution in [0.1, 0.15) is 68.5 Å². The van der Waals surface area contributed by atoms with Crippen LogP contribution in [0.15, 0.2) is 22.2 Å². The topological polar surface area (TPSA) is 120 Å². The third-order valence-corrected chi connectivity index (χ3v) is 6.84. The predicted octanol–water partition coefficient (Wildman–Crippen LogP) is 4.03. The monoisotopic (exact) mass is 488 g/mol. The zero-order valence-corrected chi connectivity index (χ0v) is 20.8. The number of rotatable bonds is 4. The van der Waals surface area contributed by atoms with E-state index in [2.05, 4.69) is 12.0 Å². The van der Waals surface area contributed by atoms with Crippen LogP contribution >= 0.6 is 11.3 Å². The lowest BCUT2D eigenvalue weighted by Crippen LogP contribution is -2.43. The number of aromatic nitrogens is 1. The van der Waals surface area contributed by atoms with E-state index in [0.29, 0.717) is 24.6 Å². The number of thiazole rings is 1. The van der Waals surface area contributed by atoms with Gasteiger partial charge in [0.05, 0.1) is 18.0 Å². The van der Waals surface area contributed by atoms with Crippen LogP contribution in [0.2, 0.25) is 0 Å². The van der Waals surface area contributed by atoms with Crippen LogP contribution in [-0.2, 0) is 4.74 Å². The van der Waals surface area contributed by atoms with Crippen LogP contribution in [0.25, 0.3) is 0 Å². The third kappa shape index (κ3) is 5.38. The van der Waals surface area contributed by atoms with Gasteiger partial charge in [-0.05, 0) is 65.5 Å². The second-order valence-electron chi connectivity index (χ2n) is 9.86. The number of ether oxygens (including phenoxy) is 1. The van der Waals surface area contributed by atoms with Crippen LogP contribution in [-0.4, -0.2) is 61.9 Å². The molecule has 1 aliphatic heterocycles. The number of carbonyl (C=O) groups is 1. The van der Waals surface area contributed by atoms with Gasteiger partial charge in [0, 0.05) is 29.4 Å². The lowest BCUT2D eigenvalue weighted by Gasteiger charge is -2.32. The molecule has 9 nitrogen and oxygen atoms in total. The maximum atomic E-state index is 12.4. The molecule has 1 saturated heterocycles. The number of nitrogens with zero attached hydrogens (tertiary/aromatic N) is 4. The molecule has 1 aromatic carbocycles. The SMILES string of the molecule is Cc1sc(=NC2CCN(C(=O)OC(C)(C)C)CC2)n(/N=C/c2ccc(O)c(O)c2O)c1C1CC1. The predicted molar refractivity (Wildman–Crippen MR) is 130 cm³/mol. The van der Waals surface area contributed by atoms with E-state index in [1.807, 2.05) is 25.4 Å². The molecule has 2 aliphatic rings. The molecule has 2 fully saturated rings. The fourth-order valence-electron chi connectivity index (χ4n) is 3.96. The first-order chi connectivity index (χ1) is 16.0. The van der Waals surface area contributed by atoms with E-state index < -0.39 is 17.1 Å². The summed E-state index contributed by atoms with van der Waals surface area (Å²) in [5.41, 5.74) is 0.900. The summed E-state index contributed by atoms with van der Waals surface area (Å²) in [6.07, 6.45) is 4.87. The van der Waals surface area contributed by atoms with Gasteiger partial charge < -0.3 is 25.0 Å². The van der Waals surface area contributed by atoms with Crippen molar-refractivity contribution in [1.29, 1.82) is 0 Å². The highest BCUT2D eigenvalue weighted by Crippen LogP contribution is 2.42. The molecule has 1 amide bonds. The molecule has 4 rings (SSSR count). The Labute approximate surface area is 202 Å². The number of benzene rings is 1. The summed E-state index contributed by atoms with van der Waals surface area (Å²) in [5, 5.41) is 34.1. The summed E-state index contributed by atoms with van der Waals surface area (Å²) >= 11 is 1.59. The van der Waals surface area contributed by atoms with Crippen LogP contribution in [0.4, 0.5) is 4.79 Å². The van der Waals surface area contributed by atoms with Gasteiger partial charge in [0.1, 0.15) is 5.60 Å². The summed E-state index contributed by atoms with van der Waals surface area (Å²) in [6, 6.07) is 2.87. The molecule has 1 saturated carbocycles. The minimum atomic E-state index is -0.570. The molecule has 3 N–H and O–H groups in total. The van der Waals surface area contributed by atoms with Crippen molar-refractivity contribution in [1.82, 2.24) is 9.58 Å². The summed E-state index contributed by atoms with van der Waals surface area (Å²) in [5.74, 6) is -0.939. The van der Waals surface area contributed by atoms with E-state index in [4.69, 9.17) is 9.73 Å². The van der Waals surface area contributed by atoms with Crippen LogP contribution in [0, 0.1) is 6.92 Å². The van der Waals surface area contributed by atoms with Crippen LogP contribution in [0.5, 0.6) is 17.2 Å². The number of aryl methyl sites for hydroxylation is 1. The minimum absolute atomic E-state index is 0.0661. The van der Waals surface area contributed by atoms with E-state index in [1.54, 1.807) is 16.2 Å². The molecule has 1 aromatic heterocycles. The molecule has 0 radical (unpaired) electrons. The van der Waals surface area contributed by atoms with Gasteiger partial charge >= 0.3 is 6.09 Å². The highest BCUT2D eigenvalue weighted by molar-refractivity contribution is 7.09. The van der Waals surface area contributed by atoms with Gasteiger partial charge in [-0.1, -0.05) is 0 Å². The van der Waals surface area contributed by atoms with Gasteiger partial charge in [-0.2, -0.15) is 5.10 Å². The summed E-state index contributed by atoms with van der Waals surface area (Å²) in [7, 11) is 0.